The smallest absolute Gasteiger partial charge is 0.0494 e. The average molecular weight is 314 g/mol. The van der Waals surface area contributed by atoms with Crippen LogP contribution in [0.3, 0.4) is 0 Å². The molecule has 2 nitrogen and oxygen atoms in total. The predicted molar refractivity (Wildman–Crippen MR) is 102 cm³/mol. The number of hydrogen-bond donors (Lipinski definition) is 0. The Bertz CT molecular complexity index is 942. The highest BCUT2D eigenvalue weighted by Crippen LogP contribution is 2.29. The van der Waals surface area contributed by atoms with E-state index in [0.717, 1.165) is 13.1 Å². The lowest BCUT2D eigenvalue weighted by Gasteiger charge is -2.12. The molecule has 1 heterocycles. The van der Waals surface area contributed by atoms with Crippen LogP contribution < -0.4 is 0 Å². The first-order valence-corrected chi connectivity index (χ1v) is 8.41. The fraction of sp³-hybridized carbons (Fsp3) is 0.182. The second kappa shape index (κ2) is 6.14. The molecule has 0 aliphatic carbocycles. The van der Waals surface area contributed by atoms with E-state index in [1.165, 1.54) is 32.9 Å². The predicted octanol–water partition coefficient (Wildman–Crippen LogP) is 4.90. The lowest BCUT2D eigenvalue weighted by atomic mass is 10.1. The van der Waals surface area contributed by atoms with Crippen LogP contribution in [0.4, 0.5) is 0 Å². The normalized spacial score (nSPS) is 11.6. The van der Waals surface area contributed by atoms with Gasteiger partial charge in [-0.15, -0.1) is 0 Å². The first-order valence-electron chi connectivity index (χ1n) is 8.41. The summed E-state index contributed by atoms with van der Waals surface area (Å²) in [6.07, 6.45) is 0. The first-order chi connectivity index (χ1) is 11.7. The van der Waals surface area contributed by atoms with Crippen LogP contribution >= 0.6 is 0 Å². The van der Waals surface area contributed by atoms with Gasteiger partial charge in [0, 0.05) is 34.9 Å². The molecule has 1 aromatic heterocycles. The maximum atomic E-state index is 2.43. The Morgan fingerprint density at radius 2 is 1.29 bits per heavy atom. The van der Waals surface area contributed by atoms with E-state index in [2.05, 4.69) is 96.4 Å². The minimum atomic E-state index is 0.898. The molecule has 0 bridgehead atoms. The second-order valence-corrected chi connectivity index (χ2v) is 6.68. The Hall–Kier alpha value is -2.58. The molecule has 0 aliphatic rings. The standard InChI is InChI=1S/C22H22N2/c1-23(2)15-17-8-7-9-18(14-17)16-24-21-12-5-3-10-19(21)20-11-4-6-13-22(20)24/h3-14H,15-16H2,1-2H3. The number of benzene rings is 3. The fourth-order valence-corrected chi connectivity index (χ4v) is 3.55. The zero-order valence-electron chi connectivity index (χ0n) is 14.2. The summed E-state index contributed by atoms with van der Waals surface area (Å²) in [6.45, 7) is 1.87. The number of hydrogen-bond acceptors (Lipinski definition) is 1. The van der Waals surface area contributed by atoms with E-state index in [0.29, 0.717) is 0 Å². The highest BCUT2D eigenvalue weighted by Gasteiger charge is 2.10. The van der Waals surface area contributed by atoms with Crippen molar-refractivity contribution < 1.29 is 0 Å². The van der Waals surface area contributed by atoms with Gasteiger partial charge < -0.3 is 9.47 Å². The second-order valence-electron chi connectivity index (χ2n) is 6.68. The molecule has 3 aromatic carbocycles. The molecule has 0 saturated heterocycles. The molecular weight excluding hydrogens is 292 g/mol. The summed E-state index contributed by atoms with van der Waals surface area (Å²) in [5.74, 6) is 0. The van der Waals surface area contributed by atoms with Gasteiger partial charge in [-0.25, -0.2) is 0 Å². The molecule has 0 aliphatic heterocycles. The van der Waals surface area contributed by atoms with Gasteiger partial charge in [-0.3, -0.25) is 0 Å². The summed E-state index contributed by atoms with van der Waals surface area (Å²) in [5.41, 5.74) is 5.31. The molecule has 0 spiro atoms. The van der Waals surface area contributed by atoms with E-state index < -0.39 is 0 Å². The summed E-state index contributed by atoms with van der Waals surface area (Å²) in [6, 6.07) is 26.3. The maximum absolute atomic E-state index is 2.43. The molecule has 0 atom stereocenters. The van der Waals surface area contributed by atoms with Gasteiger partial charge in [0.25, 0.3) is 0 Å². The molecule has 0 amide bonds. The van der Waals surface area contributed by atoms with E-state index >= 15 is 0 Å². The number of rotatable bonds is 4. The van der Waals surface area contributed by atoms with E-state index in [4.69, 9.17) is 0 Å². The van der Waals surface area contributed by atoms with Gasteiger partial charge >= 0.3 is 0 Å². The minimum Gasteiger partial charge on any atom is -0.336 e. The molecule has 0 radical (unpaired) electrons. The van der Waals surface area contributed by atoms with Crippen molar-refractivity contribution in [3.63, 3.8) is 0 Å². The van der Waals surface area contributed by atoms with Crippen LogP contribution in [-0.4, -0.2) is 23.6 Å². The molecule has 2 heteroatoms. The molecule has 0 saturated carbocycles. The molecule has 120 valence electrons. The van der Waals surface area contributed by atoms with Crippen LogP contribution in [0.5, 0.6) is 0 Å². The van der Waals surface area contributed by atoms with Gasteiger partial charge in [-0.1, -0.05) is 60.7 Å². The first kappa shape index (κ1) is 15.0. The van der Waals surface area contributed by atoms with Gasteiger partial charge in [-0.2, -0.15) is 0 Å². The maximum Gasteiger partial charge on any atom is 0.0494 e. The van der Waals surface area contributed by atoms with Crippen LogP contribution in [0.1, 0.15) is 11.1 Å². The molecular formula is C22H22N2. The quantitative estimate of drug-likeness (QED) is 0.520. The van der Waals surface area contributed by atoms with Gasteiger partial charge in [-0.05, 0) is 37.4 Å². The molecule has 24 heavy (non-hydrogen) atoms. The van der Waals surface area contributed by atoms with Gasteiger partial charge in [0.1, 0.15) is 0 Å². The largest absolute Gasteiger partial charge is 0.336 e. The van der Waals surface area contributed by atoms with E-state index in [1.54, 1.807) is 0 Å². The Labute approximate surface area is 142 Å². The van der Waals surface area contributed by atoms with Crippen LogP contribution in [0.25, 0.3) is 21.8 Å². The lowest BCUT2D eigenvalue weighted by molar-refractivity contribution is 0.402. The summed E-state index contributed by atoms with van der Waals surface area (Å²) in [4.78, 5) is 2.21. The van der Waals surface area contributed by atoms with Crippen molar-refractivity contribution in [2.24, 2.45) is 0 Å². The monoisotopic (exact) mass is 314 g/mol. The van der Waals surface area contributed by atoms with Gasteiger partial charge in [0.15, 0.2) is 0 Å². The molecule has 4 rings (SSSR count). The Morgan fingerprint density at radius 1 is 0.708 bits per heavy atom. The van der Waals surface area contributed by atoms with Gasteiger partial charge in [0.2, 0.25) is 0 Å². The van der Waals surface area contributed by atoms with E-state index in [-0.39, 0.29) is 0 Å². The Kier molecular flexibility index (Phi) is 3.83. The highest BCUT2D eigenvalue weighted by molar-refractivity contribution is 6.08. The van der Waals surface area contributed by atoms with Crippen LogP contribution in [0, 0.1) is 0 Å². The van der Waals surface area contributed by atoms with Crippen LogP contribution in [0.2, 0.25) is 0 Å². The zero-order valence-corrected chi connectivity index (χ0v) is 14.2. The average Bonchev–Trinajstić information content (AvgIpc) is 2.89. The van der Waals surface area contributed by atoms with Crippen molar-refractivity contribution in [1.29, 1.82) is 0 Å². The van der Waals surface area contributed by atoms with Crippen molar-refractivity contribution >= 4 is 21.8 Å². The summed E-state index contributed by atoms with van der Waals surface area (Å²) < 4.78 is 2.43. The number of aromatic nitrogens is 1. The third kappa shape index (κ3) is 2.70. The topological polar surface area (TPSA) is 8.17 Å². The third-order valence-corrected chi connectivity index (χ3v) is 4.51. The summed E-state index contributed by atoms with van der Waals surface area (Å²) in [5, 5.41) is 2.66. The SMILES string of the molecule is CN(C)Cc1cccc(Cn2c3ccccc3c3ccccc32)c1. The molecule has 0 unspecified atom stereocenters. The molecule has 0 N–H and O–H groups in total. The zero-order chi connectivity index (χ0) is 16.5. The van der Waals surface area contributed by atoms with Crippen molar-refractivity contribution in [2.45, 2.75) is 13.1 Å². The lowest BCUT2D eigenvalue weighted by Crippen LogP contribution is -2.11. The highest BCUT2D eigenvalue weighted by atomic mass is 15.0. The van der Waals surface area contributed by atoms with Gasteiger partial charge in [0.05, 0.1) is 0 Å². The van der Waals surface area contributed by atoms with Crippen molar-refractivity contribution in [2.75, 3.05) is 14.1 Å². The Morgan fingerprint density at radius 3 is 1.92 bits per heavy atom. The third-order valence-electron chi connectivity index (χ3n) is 4.51. The number of nitrogens with zero attached hydrogens (tertiary/aromatic N) is 2. The fourth-order valence-electron chi connectivity index (χ4n) is 3.55. The van der Waals surface area contributed by atoms with Crippen molar-refractivity contribution in [3.05, 3.63) is 83.9 Å². The summed E-state index contributed by atoms with van der Waals surface area (Å²) in [7, 11) is 4.22. The van der Waals surface area contributed by atoms with Crippen LogP contribution in [0.15, 0.2) is 72.8 Å². The van der Waals surface area contributed by atoms with Crippen molar-refractivity contribution in [1.82, 2.24) is 9.47 Å². The number of fused-ring (bicyclic) bond motifs is 3. The number of para-hydroxylation sites is 2. The minimum absolute atomic E-state index is 0.898. The molecule has 0 fully saturated rings. The van der Waals surface area contributed by atoms with Crippen molar-refractivity contribution in [3.8, 4) is 0 Å². The Balaban J connectivity index is 1.82. The molecule has 4 aromatic rings. The summed E-state index contributed by atoms with van der Waals surface area (Å²) >= 11 is 0. The van der Waals surface area contributed by atoms with E-state index in [9.17, 15) is 0 Å². The van der Waals surface area contributed by atoms with E-state index in [1.807, 2.05) is 0 Å². The van der Waals surface area contributed by atoms with Crippen LogP contribution in [-0.2, 0) is 13.1 Å².